The van der Waals surface area contributed by atoms with E-state index in [2.05, 4.69) is 5.32 Å². The summed E-state index contributed by atoms with van der Waals surface area (Å²) in [6.07, 6.45) is 0. The standard InChI is InChI=1S/C23H19N3O5/c1-31-14-13-25-22(27)20(16-9-11-17(12-10-16)26(29)30)21(23(25)28)24-19-8-4-6-15-5-2-3-7-18(15)19/h2-12,24H,13-14H2,1H3. The van der Waals surface area contributed by atoms with Crippen LogP contribution in [0.25, 0.3) is 16.3 Å². The Morgan fingerprint density at radius 2 is 1.68 bits per heavy atom. The number of hydrogen-bond donors (Lipinski definition) is 1. The number of ether oxygens (including phenoxy) is 1. The molecule has 31 heavy (non-hydrogen) atoms. The van der Waals surface area contributed by atoms with E-state index in [1.54, 1.807) is 0 Å². The molecule has 3 aromatic carbocycles. The minimum atomic E-state index is -0.514. The van der Waals surface area contributed by atoms with Crippen LogP contribution < -0.4 is 5.32 Å². The van der Waals surface area contributed by atoms with Crippen LogP contribution in [-0.2, 0) is 14.3 Å². The van der Waals surface area contributed by atoms with Crippen LogP contribution >= 0.6 is 0 Å². The molecule has 0 spiro atoms. The Morgan fingerprint density at radius 1 is 0.968 bits per heavy atom. The number of carbonyl (C=O) groups excluding carboxylic acids is 2. The van der Waals surface area contributed by atoms with Crippen LogP contribution in [0.15, 0.2) is 72.4 Å². The monoisotopic (exact) mass is 417 g/mol. The minimum absolute atomic E-state index is 0.0964. The highest BCUT2D eigenvalue weighted by atomic mass is 16.6. The van der Waals surface area contributed by atoms with Gasteiger partial charge in [0.2, 0.25) is 0 Å². The summed E-state index contributed by atoms with van der Waals surface area (Å²) in [4.78, 5) is 37.9. The molecule has 0 unspecified atom stereocenters. The van der Waals surface area contributed by atoms with Crippen molar-refractivity contribution in [1.29, 1.82) is 0 Å². The van der Waals surface area contributed by atoms with Gasteiger partial charge in [0.1, 0.15) is 5.70 Å². The number of carbonyl (C=O) groups is 2. The molecule has 8 heteroatoms. The summed E-state index contributed by atoms with van der Waals surface area (Å²) in [5.74, 6) is -0.943. The maximum absolute atomic E-state index is 13.1. The molecule has 0 saturated heterocycles. The first-order valence-corrected chi connectivity index (χ1v) is 9.60. The molecule has 0 saturated carbocycles. The number of fused-ring (bicyclic) bond motifs is 1. The van der Waals surface area contributed by atoms with E-state index in [1.165, 1.54) is 31.4 Å². The van der Waals surface area contributed by atoms with Crippen molar-refractivity contribution in [3.63, 3.8) is 0 Å². The maximum atomic E-state index is 13.1. The lowest BCUT2D eigenvalue weighted by Crippen LogP contribution is -2.35. The van der Waals surface area contributed by atoms with Gasteiger partial charge >= 0.3 is 0 Å². The van der Waals surface area contributed by atoms with Crippen molar-refractivity contribution in [2.24, 2.45) is 0 Å². The Labute approximate surface area is 177 Å². The number of hydrogen-bond acceptors (Lipinski definition) is 6. The van der Waals surface area contributed by atoms with Crippen molar-refractivity contribution >= 4 is 39.5 Å². The number of imide groups is 1. The fourth-order valence-corrected chi connectivity index (χ4v) is 3.56. The van der Waals surface area contributed by atoms with Crippen LogP contribution in [0.5, 0.6) is 0 Å². The largest absolute Gasteiger partial charge is 0.383 e. The first-order valence-electron chi connectivity index (χ1n) is 9.60. The van der Waals surface area contributed by atoms with Gasteiger partial charge in [-0.2, -0.15) is 0 Å². The molecule has 1 aliphatic heterocycles. The average molecular weight is 417 g/mol. The third kappa shape index (κ3) is 3.76. The quantitative estimate of drug-likeness (QED) is 0.358. The van der Waals surface area contributed by atoms with E-state index >= 15 is 0 Å². The number of benzene rings is 3. The smallest absolute Gasteiger partial charge is 0.278 e. The number of methoxy groups -OCH3 is 1. The normalized spacial score (nSPS) is 13.9. The summed E-state index contributed by atoms with van der Waals surface area (Å²) in [5, 5.41) is 16.0. The van der Waals surface area contributed by atoms with Crippen molar-refractivity contribution in [3.8, 4) is 0 Å². The van der Waals surface area contributed by atoms with Crippen LogP contribution in [0.1, 0.15) is 5.56 Å². The molecule has 1 heterocycles. The predicted molar refractivity (Wildman–Crippen MR) is 116 cm³/mol. The lowest BCUT2D eigenvalue weighted by atomic mass is 10.0. The lowest BCUT2D eigenvalue weighted by molar-refractivity contribution is -0.384. The SMILES string of the molecule is COCCN1C(=O)C(Nc2cccc3ccccc23)=C(c2ccc([N+](=O)[O-])cc2)C1=O. The van der Waals surface area contributed by atoms with E-state index in [4.69, 9.17) is 4.74 Å². The molecule has 3 aromatic rings. The number of nitro groups is 1. The van der Waals surface area contributed by atoms with Gasteiger partial charge in [-0.05, 0) is 29.1 Å². The second kappa shape index (κ2) is 8.37. The van der Waals surface area contributed by atoms with E-state index in [0.717, 1.165) is 15.7 Å². The molecular weight excluding hydrogens is 398 g/mol. The number of amides is 2. The molecule has 156 valence electrons. The van der Waals surface area contributed by atoms with Gasteiger partial charge < -0.3 is 10.1 Å². The van der Waals surface area contributed by atoms with Crippen LogP contribution in [0.2, 0.25) is 0 Å². The Hall–Kier alpha value is -4.04. The van der Waals surface area contributed by atoms with Gasteiger partial charge in [0.25, 0.3) is 17.5 Å². The number of nitrogens with zero attached hydrogens (tertiary/aromatic N) is 2. The third-order valence-electron chi connectivity index (χ3n) is 5.10. The molecule has 4 rings (SSSR count). The van der Waals surface area contributed by atoms with E-state index < -0.39 is 16.7 Å². The van der Waals surface area contributed by atoms with Crippen molar-refractivity contribution in [3.05, 3.63) is 88.1 Å². The molecule has 0 atom stereocenters. The molecule has 1 N–H and O–H groups in total. The maximum Gasteiger partial charge on any atom is 0.278 e. The summed E-state index contributed by atoms with van der Waals surface area (Å²) >= 11 is 0. The molecule has 0 fully saturated rings. The Bertz CT molecular complexity index is 1210. The zero-order chi connectivity index (χ0) is 22.0. The second-order valence-corrected chi connectivity index (χ2v) is 6.96. The van der Waals surface area contributed by atoms with Gasteiger partial charge in [0.15, 0.2) is 0 Å². The first-order chi connectivity index (χ1) is 15.0. The molecule has 2 amide bonds. The molecule has 8 nitrogen and oxygen atoms in total. The fourth-order valence-electron chi connectivity index (χ4n) is 3.56. The third-order valence-corrected chi connectivity index (χ3v) is 5.10. The lowest BCUT2D eigenvalue weighted by Gasteiger charge is -2.15. The van der Waals surface area contributed by atoms with Crippen molar-refractivity contribution in [2.45, 2.75) is 0 Å². The Morgan fingerprint density at radius 3 is 2.39 bits per heavy atom. The molecule has 0 bridgehead atoms. The Kier molecular flexibility index (Phi) is 5.46. The molecule has 0 aromatic heterocycles. The van der Waals surface area contributed by atoms with E-state index in [-0.39, 0.29) is 30.1 Å². The zero-order valence-corrected chi connectivity index (χ0v) is 16.7. The zero-order valence-electron chi connectivity index (χ0n) is 16.7. The number of anilines is 1. The summed E-state index contributed by atoms with van der Waals surface area (Å²) in [6.45, 7) is 0.304. The number of nitrogens with one attached hydrogen (secondary N) is 1. The van der Waals surface area contributed by atoms with Gasteiger partial charge in [-0.15, -0.1) is 0 Å². The highest BCUT2D eigenvalue weighted by Gasteiger charge is 2.39. The highest BCUT2D eigenvalue weighted by molar-refractivity contribution is 6.36. The summed E-state index contributed by atoms with van der Waals surface area (Å²) in [6, 6.07) is 18.9. The molecule has 0 aliphatic carbocycles. The summed E-state index contributed by atoms with van der Waals surface area (Å²) < 4.78 is 5.03. The number of rotatable bonds is 7. The van der Waals surface area contributed by atoms with Crippen LogP contribution in [0, 0.1) is 10.1 Å². The van der Waals surface area contributed by atoms with Crippen molar-refractivity contribution < 1.29 is 19.2 Å². The van der Waals surface area contributed by atoms with Crippen molar-refractivity contribution in [2.75, 3.05) is 25.6 Å². The topological polar surface area (TPSA) is 102 Å². The predicted octanol–water partition coefficient (Wildman–Crippen LogP) is 3.59. The average Bonchev–Trinajstić information content (AvgIpc) is 3.01. The first kappa shape index (κ1) is 20.2. The van der Waals surface area contributed by atoms with Gasteiger partial charge in [0, 0.05) is 30.3 Å². The molecular formula is C23H19N3O5. The number of non-ortho nitro benzene ring substituents is 1. The highest BCUT2D eigenvalue weighted by Crippen LogP contribution is 2.33. The second-order valence-electron chi connectivity index (χ2n) is 6.96. The molecule has 1 aliphatic rings. The van der Waals surface area contributed by atoms with E-state index in [9.17, 15) is 19.7 Å². The Balaban J connectivity index is 1.81. The van der Waals surface area contributed by atoms with E-state index in [0.29, 0.717) is 11.3 Å². The van der Waals surface area contributed by atoms with Gasteiger partial charge in [0.05, 0.1) is 23.6 Å². The fraction of sp³-hybridized carbons (Fsp3) is 0.130. The minimum Gasteiger partial charge on any atom is -0.383 e. The number of nitro benzene ring substituents is 1. The van der Waals surface area contributed by atoms with E-state index in [1.807, 2.05) is 42.5 Å². The van der Waals surface area contributed by atoms with Crippen LogP contribution in [0.3, 0.4) is 0 Å². The van der Waals surface area contributed by atoms with Crippen molar-refractivity contribution in [1.82, 2.24) is 4.90 Å². The van der Waals surface area contributed by atoms with Crippen LogP contribution in [-0.4, -0.2) is 41.9 Å². The summed E-state index contributed by atoms with van der Waals surface area (Å²) in [5.41, 5.74) is 1.31. The van der Waals surface area contributed by atoms with Gasteiger partial charge in [-0.25, -0.2) is 0 Å². The van der Waals surface area contributed by atoms with Crippen LogP contribution in [0.4, 0.5) is 11.4 Å². The summed E-state index contributed by atoms with van der Waals surface area (Å²) in [7, 11) is 1.49. The molecule has 0 radical (unpaired) electrons. The van der Waals surface area contributed by atoms with Gasteiger partial charge in [-0.3, -0.25) is 24.6 Å². The van der Waals surface area contributed by atoms with Gasteiger partial charge in [-0.1, -0.05) is 36.4 Å².